The van der Waals surface area contributed by atoms with Gasteiger partial charge in [0.2, 0.25) is 5.91 Å². The standard InChI is InChI=1S/C14H18ClFN2O/c1-10-4-2-3-7-18(10)9-14(19)17-13-6-5-11(16)8-12(13)15/h5-6,8,10H,2-4,7,9H2,1H3,(H,17,19)/t10-/m1/s1. The summed E-state index contributed by atoms with van der Waals surface area (Å²) < 4.78 is 12.9. The summed E-state index contributed by atoms with van der Waals surface area (Å²) in [5.74, 6) is -0.519. The molecule has 1 N–H and O–H groups in total. The summed E-state index contributed by atoms with van der Waals surface area (Å²) in [5, 5.41) is 2.95. The number of halogens is 2. The van der Waals surface area contributed by atoms with Gasteiger partial charge >= 0.3 is 0 Å². The van der Waals surface area contributed by atoms with Crippen LogP contribution in [0.25, 0.3) is 0 Å². The van der Waals surface area contributed by atoms with Crippen LogP contribution >= 0.6 is 11.6 Å². The number of carbonyl (C=O) groups excluding carboxylic acids is 1. The van der Waals surface area contributed by atoms with Crippen molar-refractivity contribution >= 4 is 23.2 Å². The Balaban J connectivity index is 1.93. The minimum absolute atomic E-state index is 0.109. The molecule has 1 amide bonds. The SMILES string of the molecule is C[C@@H]1CCCCN1CC(=O)Nc1ccc(F)cc1Cl. The zero-order valence-corrected chi connectivity index (χ0v) is 11.7. The van der Waals surface area contributed by atoms with Crippen molar-refractivity contribution in [2.24, 2.45) is 0 Å². The van der Waals surface area contributed by atoms with Gasteiger partial charge in [-0.2, -0.15) is 0 Å². The molecule has 5 heteroatoms. The van der Waals surface area contributed by atoms with Gasteiger partial charge in [0.05, 0.1) is 17.3 Å². The Bertz CT molecular complexity index is 467. The maximum atomic E-state index is 12.9. The van der Waals surface area contributed by atoms with E-state index in [1.165, 1.54) is 24.6 Å². The molecule has 104 valence electrons. The molecule has 1 aromatic carbocycles. The lowest BCUT2D eigenvalue weighted by Crippen LogP contribution is -2.42. The number of rotatable bonds is 3. The first-order valence-corrected chi connectivity index (χ1v) is 6.93. The highest BCUT2D eigenvalue weighted by Gasteiger charge is 2.20. The van der Waals surface area contributed by atoms with Gasteiger partial charge in [0.1, 0.15) is 5.82 Å². The molecule has 1 saturated heterocycles. The number of piperidine rings is 1. The van der Waals surface area contributed by atoms with Crippen molar-refractivity contribution in [3.8, 4) is 0 Å². The highest BCUT2D eigenvalue weighted by atomic mass is 35.5. The number of likely N-dealkylation sites (tertiary alicyclic amines) is 1. The normalized spacial score (nSPS) is 20.3. The van der Waals surface area contributed by atoms with E-state index in [1.54, 1.807) is 0 Å². The second-order valence-corrected chi connectivity index (χ2v) is 5.39. The predicted molar refractivity (Wildman–Crippen MR) is 74.9 cm³/mol. The summed E-state index contributed by atoms with van der Waals surface area (Å²) >= 11 is 5.88. The average molecular weight is 285 g/mol. The molecule has 0 radical (unpaired) electrons. The molecule has 2 rings (SSSR count). The molecule has 0 spiro atoms. The Morgan fingerprint density at radius 1 is 1.53 bits per heavy atom. The van der Waals surface area contributed by atoms with Crippen molar-refractivity contribution in [3.63, 3.8) is 0 Å². The first-order chi connectivity index (χ1) is 9.06. The van der Waals surface area contributed by atoms with Gasteiger partial charge in [-0.1, -0.05) is 18.0 Å². The molecule has 1 atom stereocenters. The smallest absolute Gasteiger partial charge is 0.238 e. The Hall–Kier alpha value is -1.13. The third kappa shape index (κ3) is 3.91. The van der Waals surface area contributed by atoms with E-state index in [4.69, 9.17) is 11.6 Å². The fourth-order valence-corrected chi connectivity index (χ4v) is 2.57. The Kier molecular flexibility index (Phi) is 4.77. The van der Waals surface area contributed by atoms with Crippen molar-refractivity contribution in [3.05, 3.63) is 29.0 Å². The summed E-state index contributed by atoms with van der Waals surface area (Å²) in [6, 6.07) is 4.39. The molecule has 3 nitrogen and oxygen atoms in total. The van der Waals surface area contributed by atoms with E-state index in [1.807, 2.05) is 0 Å². The zero-order chi connectivity index (χ0) is 13.8. The molecule has 1 heterocycles. The molecule has 0 aliphatic carbocycles. The quantitative estimate of drug-likeness (QED) is 0.924. The maximum Gasteiger partial charge on any atom is 0.238 e. The molecule has 1 aliphatic heterocycles. The number of benzene rings is 1. The zero-order valence-electron chi connectivity index (χ0n) is 11.0. The fraction of sp³-hybridized carbons (Fsp3) is 0.500. The molecule has 1 aromatic rings. The van der Waals surface area contributed by atoms with E-state index < -0.39 is 5.82 Å². The molecule has 1 aliphatic rings. The Labute approximate surface area is 117 Å². The maximum absolute atomic E-state index is 12.9. The lowest BCUT2D eigenvalue weighted by molar-refractivity contribution is -0.118. The first kappa shape index (κ1) is 14.3. The van der Waals surface area contributed by atoms with Crippen molar-refractivity contribution in [2.75, 3.05) is 18.4 Å². The molecule has 0 aromatic heterocycles. The van der Waals surface area contributed by atoms with E-state index in [9.17, 15) is 9.18 Å². The minimum Gasteiger partial charge on any atom is -0.324 e. The van der Waals surface area contributed by atoms with Crippen LogP contribution in [0.15, 0.2) is 18.2 Å². The molecule has 0 bridgehead atoms. The van der Waals surface area contributed by atoms with Crippen LogP contribution in [-0.2, 0) is 4.79 Å². The van der Waals surface area contributed by atoms with E-state index in [0.29, 0.717) is 18.3 Å². The van der Waals surface area contributed by atoms with Gasteiger partial charge in [-0.25, -0.2) is 4.39 Å². The van der Waals surface area contributed by atoms with Crippen molar-refractivity contribution in [1.82, 2.24) is 4.90 Å². The number of hydrogen-bond acceptors (Lipinski definition) is 2. The van der Waals surface area contributed by atoms with Crippen LogP contribution in [0.5, 0.6) is 0 Å². The topological polar surface area (TPSA) is 32.3 Å². The van der Waals surface area contributed by atoms with Gasteiger partial charge in [0, 0.05) is 6.04 Å². The molecule has 0 unspecified atom stereocenters. The third-order valence-corrected chi connectivity index (χ3v) is 3.81. The number of carbonyl (C=O) groups is 1. The highest BCUT2D eigenvalue weighted by Crippen LogP contribution is 2.22. The van der Waals surface area contributed by atoms with Gasteiger partial charge < -0.3 is 5.32 Å². The second-order valence-electron chi connectivity index (χ2n) is 4.99. The minimum atomic E-state index is -0.410. The van der Waals surface area contributed by atoms with E-state index in [-0.39, 0.29) is 10.9 Å². The van der Waals surface area contributed by atoms with E-state index in [2.05, 4.69) is 17.1 Å². The second kappa shape index (κ2) is 6.35. The highest BCUT2D eigenvalue weighted by molar-refractivity contribution is 6.33. The summed E-state index contributed by atoms with van der Waals surface area (Å²) in [6.07, 6.45) is 3.49. The van der Waals surface area contributed by atoms with Crippen LogP contribution < -0.4 is 5.32 Å². The van der Waals surface area contributed by atoms with Gasteiger partial charge in [0.25, 0.3) is 0 Å². The summed E-state index contributed by atoms with van der Waals surface area (Å²) in [4.78, 5) is 14.1. The lowest BCUT2D eigenvalue weighted by atomic mass is 10.0. The van der Waals surface area contributed by atoms with Crippen LogP contribution in [0.3, 0.4) is 0 Å². The first-order valence-electron chi connectivity index (χ1n) is 6.55. The molecular weight excluding hydrogens is 267 g/mol. The Morgan fingerprint density at radius 3 is 3.00 bits per heavy atom. The van der Waals surface area contributed by atoms with Gasteiger partial charge in [-0.3, -0.25) is 9.69 Å². The fourth-order valence-electron chi connectivity index (χ4n) is 2.36. The van der Waals surface area contributed by atoms with Gasteiger partial charge in [0.15, 0.2) is 0 Å². The lowest BCUT2D eigenvalue weighted by Gasteiger charge is -2.32. The Morgan fingerprint density at radius 2 is 2.32 bits per heavy atom. The monoisotopic (exact) mass is 284 g/mol. The average Bonchev–Trinajstić information content (AvgIpc) is 2.36. The van der Waals surface area contributed by atoms with E-state index in [0.717, 1.165) is 19.4 Å². The molecular formula is C14H18ClFN2O. The van der Waals surface area contributed by atoms with Crippen molar-refractivity contribution < 1.29 is 9.18 Å². The number of nitrogens with one attached hydrogen (secondary N) is 1. The number of anilines is 1. The summed E-state index contributed by atoms with van der Waals surface area (Å²) in [7, 11) is 0. The largest absolute Gasteiger partial charge is 0.324 e. The van der Waals surface area contributed by atoms with Crippen LogP contribution in [0, 0.1) is 5.82 Å². The molecule has 0 saturated carbocycles. The van der Waals surface area contributed by atoms with Gasteiger partial charge in [-0.05, 0) is 44.5 Å². The number of hydrogen-bond donors (Lipinski definition) is 1. The van der Waals surface area contributed by atoms with Crippen LogP contribution in [0.4, 0.5) is 10.1 Å². The van der Waals surface area contributed by atoms with Crippen LogP contribution in [0.2, 0.25) is 5.02 Å². The van der Waals surface area contributed by atoms with Crippen molar-refractivity contribution in [2.45, 2.75) is 32.2 Å². The van der Waals surface area contributed by atoms with Gasteiger partial charge in [-0.15, -0.1) is 0 Å². The number of nitrogens with zero attached hydrogens (tertiary/aromatic N) is 1. The summed E-state index contributed by atoms with van der Waals surface area (Å²) in [6.45, 7) is 3.44. The van der Waals surface area contributed by atoms with E-state index >= 15 is 0 Å². The number of amides is 1. The predicted octanol–water partition coefficient (Wildman–Crippen LogP) is 3.29. The summed E-state index contributed by atoms with van der Waals surface area (Å²) in [5.41, 5.74) is 0.456. The molecule has 19 heavy (non-hydrogen) atoms. The van der Waals surface area contributed by atoms with Crippen molar-refractivity contribution in [1.29, 1.82) is 0 Å². The third-order valence-electron chi connectivity index (χ3n) is 3.49. The van der Waals surface area contributed by atoms with Crippen LogP contribution in [0.1, 0.15) is 26.2 Å². The van der Waals surface area contributed by atoms with Crippen LogP contribution in [-0.4, -0.2) is 29.9 Å². The molecule has 1 fully saturated rings.